The van der Waals surface area contributed by atoms with Crippen LogP contribution in [0.3, 0.4) is 0 Å². The minimum absolute atomic E-state index is 0.233. The van der Waals surface area contributed by atoms with Crippen molar-refractivity contribution in [2.75, 3.05) is 33.2 Å². The van der Waals surface area contributed by atoms with Crippen molar-refractivity contribution in [3.05, 3.63) is 48.0 Å². The van der Waals surface area contributed by atoms with Crippen LogP contribution in [0.25, 0.3) is 0 Å². The first-order chi connectivity index (χ1) is 14.5. The molecule has 0 aromatic heterocycles. The van der Waals surface area contributed by atoms with E-state index in [0.717, 1.165) is 0 Å². The van der Waals surface area contributed by atoms with Crippen molar-refractivity contribution in [2.24, 2.45) is 5.10 Å². The van der Waals surface area contributed by atoms with Crippen LogP contribution in [-0.4, -0.2) is 51.8 Å². The van der Waals surface area contributed by atoms with Gasteiger partial charge in [0.2, 0.25) is 0 Å². The van der Waals surface area contributed by atoms with Gasteiger partial charge in [-0.1, -0.05) is 6.07 Å². The first-order valence-electron chi connectivity index (χ1n) is 8.76. The van der Waals surface area contributed by atoms with E-state index < -0.39 is 11.8 Å². The summed E-state index contributed by atoms with van der Waals surface area (Å²) in [5.41, 5.74) is 3.25. The average Bonchev–Trinajstić information content (AvgIpc) is 2.77. The van der Waals surface area contributed by atoms with Crippen molar-refractivity contribution in [2.45, 2.75) is 0 Å². The van der Waals surface area contributed by atoms with E-state index in [1.165, 1.54) is 20.4 Å². The summed E-state index contributed by atoms with van der Waals surface area (Å²) < 4.78 is 15.9. The highest BCUT2D eigenvalue weighted by atomic mass is 16.5. The van der Waals surface area contributed by atoms with E-state index in [4.69, 9.17) is 14.2 Å². The molecule has 3 amide bonds. The highest BCUT2D eigenvalue weighted by Gasteiger charge is 2.10. The maximum absolute atomic E-state index is 12.1. The number of hydrogen-bond donors (Lipinski definition) is 3. The molecule has 158 valence electrons. The molecule has 0 spiro atoms. The van der Waals surface area contributed by atoms with E-state index in [2.05, 4.69) is 21.2 Å². The molecular weight excluding hydrogens is 392 g/mol. The molecule has 0 unspecified atom stereocenters. The van der Waals surface area contributed by atoms with E-state index in [-0.39, 0.29) is 12.5 Å². The Kier molecular flexibility index (Phi) is 8.18. The minimum atomic E-state index is -0.886. The van der Waals surface area contributed by atoms with Gasteiger partial charge in [0.15, 0.2) is 18.1 Å². The number of ether oxygens (including phenoxy) is 3. The Morgan fingerprint density at radius 1 is 1.00 bits per heavy atom. The molecule has 0 atom stereocenters. The van der Waals surface area contributed by atoms with Crippen LogP contribution < -0.4 is 30.3 Å². The van der Waals surface area contributed by atoms with Crippen LogP contribution >= 0.6 is 0 Å². The summed E-state index contributed by atoms with van der Waals surface area (Å²) in [5, 5.41) is 8.59. The van der Waals surface area contributed by atoms with Gasteiger partial charge in [-0.25, -0.2) is 5.43 Å². The Morgan fingerprint density at radius 3 is 2.50 bits per heavy atom. The van der Waals surface area contributed by atoms with Crippen molar-refractivity contribution in [3.8, 4) is 17.2 Å². The molecule has 30 heavy (non-hydrogen) atoms. The quantitative estimate of drug-likeness (QED) is 0.335. The van der Waals surface area contributed by atoms with E-state index >= 15 is 0 Å². The number of nitrogens with one attached hydrogen (secondary N) is 3. The van der Waals surface area contributed by atoms with Gasteiger partial charge in [0, 0.05) is 18.8 Å². The number of likely N-dealkylation sites (N-methyl/N-ethyl adjacent to an activating group) is 1. The van der Waals surface area contributed by atoms with Gasteiger partial charge >= 0.3 is 11.8 Å². The second kappa shape index (κ2) is 11.1. The molecule has 0 bridgehead atoms. The van der Waals surface area contributed by atoms with Crippen LogP contribution in [0.2, 0.25) is 0 Å². The van der Waals surface area contributed by atoms with Crippen LogP contribution in [0.1, 0.15) is 5.56 Å². The molecule has 10 heteroatoms. The summed E-state index contributed by atoms with van der Waals surface area (Å²) in [6, 6.07) is 11.8. The summed E-state index contributed by atoms with van der Waals surface area (Å²) >= 11 is 0. The fourth-order valence-electron chi connectivity index (χ4n) is 2.25. The zero-order chi connectivity index (χ0) is 21.9. The van der Waals surface area contributed by atoms with Crippen LogP contribution in [-0.2, 0) is 14.4 Å². The number of carbonyl (C=O) groups is 3. The molecular formula is C20H22N4O6. The van der Waals surface area contributed by atoms with E-state index in [9.17, 15) is 14.4 Å². The maximum atomic E-state index is 12.1. The van der Waals surface area contributed by atoms with Crippen LogP contribution in [0, 0.1) is 0 Å². The molecule has 3 N–H and O–H groups in total. The normalized spacial score (nSPS) is 10.2. The van der Waals surface area contributed by atoms with Gasteiger partial charge in [-0.15, -0.1) is 0 Å². The second-order valence-electron chi connectivity index (χ2n) is 5.76. The third kappa shape index (κ3) is 6.51. The van der Waals surface area contributed by atoms with Gasteiger partial charge < -0.3 is 24.8 Å². The van der Waals surface area contributed by atoms with Crippen molar-refractivity contribution in [1.29, 1.82) is 0 Å². The zero-order valence-electron chi connectivity index (χ0n) is 16.7. The highest BCUT2D eigenvalue weighted by molar-refractivity contribution is 6.35. The third-order valence-corrected chi connectivity index (χ3v) is 3.71. The van der Waals surface area contributed by atoms with Gasteiger partial charge in [-0.2, -0.15) is 5.10 Å². The molecule has 0 heterocycles. The number of hydrazone groups is 1. The lowest BCUT2D eigenvalue weighted by Gasteiger charge is -2.12. The minimum Gasteiger partial charge on any atom is -0.497 e. The molecule has 0 aliphatic carbocycles. The standard InChI is InChI=1S/C20H22N4O6/c1-21-19(26)20(27)24-22-11-13-7-8-16(17(9-13)29-3)30-12-18(25)23-14-5-4-6-15(10-14)28-2/h4-11H,12H2,1-3H3,(H,21,26)(H,23,25)(H,24,27)/b22-11-. The Balaban J connectivity index is 1.95. The smallest absolute Gasteiger partial charge is 0.329 e. The van der Waals surface area contributed by atoms with Gasteiger partial charge in [-0.05, 0) is 35.9 Å². The number of anilines is 1. The zero-order valence-corrected chi connectivity index (χ0v) is 16.7. The molecule has 2 aromatic carbocycles. The topological polar surface area (TPSA) is 127 Å². The van der Waals surface area contributed by atoms with Crippen molar-refractivity contribution >= 4 is 29.6 Å². The van der Waals surface area contributed by atoms with Crippen molar-refractivity contribution in [1.82, 2.24) is 10.7 Å². The monoisotopic (exact) mass is 414 g/mol. The predicted octanol–water partition coefficient (Wildman–Crippen LogP) is 0.917. The van der Waals surface area contributed by atoms with Crippen molar-refractivity contribution < 1.29 is 28.6 Å². The third-order valence-electron chi connectivity index (χ3n) is 3.71. The van der Waals surface area contributed by atoms with Gasteiger partial charge in [0.1, 0.15) is 5.75 Å². The average molecular weight is 414 g/mol. The fourth-order valence-corrected chi connectivity index (χ4v) is 2.25. The Labute approximate surface area is 173 Å². The lowest BCUT2D eigenvalue weighted by Crippen LogP contribution is -2.35. The second-order valence-corrected chi connectivity index (χ2v) is 5.76. The number of methoxy groups -OCH3 is 2. The maximum Gasteiger partial charge on any atom is 0.329 e. The number of nitrogens with zero attached hydrogens (tertiary/aromatic N) is 1. The van der Waals surface area contributed by atoms with Crippen LogP contribution in [0.4, 0.5) is 5.69 Å². The number of rotatable bonds is 8. The molecule has 10 nitrogen and oxygen atoms in total. The largest absolute Gasteiger partial charge is 0.497 e. The Bertz CT molecular complexity index is 945. The van der Waals surface area contributed by atoms with Gasteiger partial charge in [-0.3, -0.25) is 14.4 Å². The van der Waals surface area contributed by atoms with Gasteiger partial charge in [0.05, 0.1) is 20.4 Å². The molecule has 2 rings (SSSR count). The molecule has 0 aliphatic rings. The molecule has 0 fully saturated rings. The molecule has 0 aliphatic heterocycles. The summed E-state index contributed by atoms with van der Waals surface area (Å²) in [5.74, 6) is -0.703. The Morgan fingerprint density at radius 2 is 1.80 bits per heavy atom. The molecule has 2 aromatic rings. The lowest BCUT2D eigenvalue weighted by atomic mass is 10.2. The Hall–Kier alpha value is -4.08. The number of amides is 3. The SMILES string of the molecule is CNC(=O)C(=O)N/N=C\c1ccc(OCC(=O)Nc2cccc(OC)c2)c(OC)c1. The van der Waals surface area contributed by atoms with Crippen LogP contribution in [0.5, 0.6) is 17.2 Å². The predicted molar refractivity (Wildman–Crippen MR) is 110 cm³/mol. The molecule has 0 saturated carbocycles. The first-order valence-corrected chi connectivity index (χ1v) is 8.76. The number of hydrogen-bond acceptors (Lipinski definition) is 7. The molecule has 0 saturated heterocycles. The summed E-state index contributed by atoms with van der Waals surface area (Å²) in [7, 11) is 4.33. The number of benzene rings is 2. The first kappa shape index (κ1) is 22.2. The summed E-state index contributed by atoms with van der Waals surface area (Å²) in [6.45, 7) is -0.233. The summed E-state index contributed by atoms with van der Waals surface area (Å²) in [4.78, 5) is 34.6. The number of carbonyl (C=O) groups excluding carboxylic acids is 3. The highest BCUT2D eigenvalue weighted by Crippen LogP contribution is 2.27. The van der Waals surface area contributed by atoms with E-state index in [1.54, 1.807) is 49.6 Å². The summed E-state index contributed by atoms with van der Waals surface area (Å²) in [6.07, 6.45) is 1.34. The van der Waals surface area contributed by atoms with Gasteiger partial charge in [0.25, 0.3) is 5.91 Å². The fraction of sp³-hybridized carbons (Fsp3) is 0.200. The van der Waals surface area contributed by atoms with E-state index in [1.807, 2.05) is 0 Å². The van der Waals surface area contributed by atoms with Crippen LogP contribution in [0.15, 0.2) is 47.6 Å². The lowest BCUT2D eigenvalue weighted by molar-refractivity contribution is -0.138. The molecule has 0 radical (unpaired) electrons. The van der Waals surface area contributed by atoms with Crippen molar-refractivity contribution in [3.63, 3.8) is 0 Å². The van der Waals surface area contributed by atoms with E-state index in [0.29, 0.717) is 28.5 Å².